The van der Waals surface area contributed by atoms with Crippen molar-refractivity contribution in [2.24, 2.45) is 4.99 Å². The van der Waals surface area contributed by atoms with Gasteiger partial charge in [-0.2, -0.15) is 0 Å². The molecule has 5 heteroatoms. The summed E-state index contributed by atoms with van der Waals surface area (Å²) in [6, 6.07) is 52.9. The lowest BCUT2D eigenvalue weighted by Gasteiger charge is -2.43. The first-order chi connectivity index (χ1) is 24.2. The van der Waals surface area contributed by atoms with Crippen LogP contribution in [0.1, 0.15) is 46.4 Å². The third-order valence-electron chi connectivity index (χ3n) is 9.88. The molecule has 0 amide bonds. The molecule has 2 aliphatic rings. The van der Waals surface area contributed by atoms with Gasteiger partial charge in [0, 0.05) is 5.39 Å². The normalized spacial score (nSPS) is 18.9. The number of para-hydroxylation sites is 1. The molecule has 3 atom stereocenters. The minimum Gasteiger partial charge on any atom is -0.671 e. The molecule has 0 spiro atoms. The van der Waals surface area contributed by atoms with E-state index in [2.05, 4.69) is 150 Å². The van der Waals surface area contributed by atoms with Crippen molar-refractivity contribution < 1.29 is 4.42 Å². The second-order valence-electron chi connectivity index (χ2n) is 12.8. The number of hydrogen-bond acceptors (Lipinski definition) is 4. The number of rotatable bonds is 4. The van der Waals surface area contributed by atoms with Gasteiger partial charge in [-0.15, -0.1) is 5.70 Å². The van der Waals surface area contributed by atoms with Gasteiger partial charge in [0.15, 0.2) is 0 Å². The molecule has 0 fully saturated rings. The SMILES string of the molecule is C1=C(c2ccc3c(ccc4ccccc43)c2)[N-]C(C2=NC(c3ccc4ccccc4c3)NC(c3ccccc3)N2)c2c1oc1ccccc21. The zero-order valence-electron chi connectivity index (χ0n) is 26.5. The Morgan fingerprint density at radius 1 is 0.571 bits per heavy atom. The average molecular weight is 632 g/mol. The minimum absolute atomic E-state index is 0.176. The summed E-state index contributed by atoms with van der Waals surface area (Å²) in [4.78, 5) is 5.39. The molecular weight excluding hydrogens is 601 g/mol. The average Bonchev–Trinajstić information content (AvgIpc) is 3.56. The van der Waals surface area contributed by atoms with Crippen molar-refractivity contribution in [2.75, 3.05) is 0 Å². The largest absolute Gasteiger partial charge is 0.671 e. The molecule has 49 heavy (non-hydrogen) atoms. The molecule has 2 aliphatic heterocycles. The van der Waals surface area contributed by atoms with Crippen molar-refractivity contribution >= 4 is 60.9 Å². The number of nitrogens with zero attached hydrogens (tertiary/aromatic N) is 2. The fourth-order valence-electron chi connectivity index (χ4n) is 7.45. The van der Waals surface area contributed by atoms with E-state index in [4.69, 9.17) is 14.7 Å². The lowest BCUT2D eigenvalue weighted by atomic mass is 9.93. The summed E-state index contributed by atoms with van der Waals surface area (Å²) in [5, 5.41) is 21.4. The van der Waals surface area contributed by atoms with Gasteiger partial charge in [0.2, 0.25) is 0 Å². The van der Waals surface area contributed by atoms with Crippen LogP contribution in [0.2, 0.25) is 0 Å². The number of furan rings is 1. The Bertz CT molecular complexity index is 2620. The van der Waals surface area contributed by atoms with E-state index in [1.807, 2.05) is 18.2 Å². The molecule has 7 aromatic carbocycles. The van der Waals surface area contributed by atoms with Crippen LogP contribution in [0.15, 0.2) is 161 Å². The van der Waals surface area contributed by atoms with Crippen LogP contribution in [0.25, 0.3) is 60.4 Å². The van der Waals surface area contributed by atoms with Gasteiger partial charge in [-0.05, 0) is 84.9 Å². The van der Waals surface area contributed by atoms with Crippen LogP contribution < -0.4 is 10.6 Å². The number of aliphatic imine (C=N–C) groups is 1. The fraction of sp³-hybridized carbons (Fsp3) is 0.0682. The maximum absolute atomic E-state index is 6.54. The van der Waals surface area contributed by atoms with Gasteiger partial charge < -0.3 is 15.1 Å². The van der Waals surface area contributed by atoms with E-state index >= 15 is 0 Å². The van der Waals surface area contributed by atoms with E-state index in [1.54, 1.807) is 0 Å². The van der Waals surface area contributed by atoms with Crippen LogP contribution in [0.5, 0.6) is 0 Å². The summed E-state index contributed by atoms with van der Waals surface area (Å²) in [5.41, 5.74) is 6.02. The van der Waals surface area contributed by atoms with Crippen molar-refractivity contribution in [1.82, 2.24) is 10.6 Å². The van der Waals surface area contributed by atoms with Crippen molar-refractivity contribution in [2.45, 2.75) is 18.4 Å². The minimum atomic E-state index is -0.401. The first-order valence-electron chi connectivity index (χ1n) is 16.7. The second-order valence-corrected chi connectivity index (χ2v) is 12.8. The van der Waals surface area contributed by atoms with Gasteiger partial charge in [0.1, 0.15) is 23.7 Å². The van der Waals surface area contributed by atoms with Crippen LogP contribution in [0, 0.1) is 0 Å². The fourth-order valence-corrected chi connectivity index (χ4v) is 7.45. The highest BCUT2D eigenvalue weighted by atomic mass is 16.3. The summed E-state index contributed by atoms with van der Waals surface area (Å²) in [6.45, 7) is 0. The van der Waals surface area contributed by atoms with Crippen molar-refractivity contribution in [3.63, 3.8) is 0 Å². The van der Waals surface area contributed by atoms with E-state index in [1.165, 1.54) is 32.3 Å². The Morgan fingerprint density at radius 2 is 1.29 bits per heavy atom. The number of benzene rings is 7. The maximum Gasteiger partial charge on any atom is 0.135 e. The molecule has 0 saturated heterocycles. The molecule has 2 N–H and O–H groups in total. The molecule has 0 bridgehead atoms. The molecule has 10 rings (SSSR count). The number of hydrogen-bond donors (Lipinski definition) is 2. The number of nitrogens with one attached hydrogen (secondary N) is 2. The van der Waals surface area contributed by atoms with Gasteiger partial charge in [-0.25, -0.2) is 4.99 Å². The molecule has 0 aliphatic carbocycles. The standard InChI is InChI=1S/C44H31N4O/c1-2-12-29(13-3-1)42-46-43(33-21-18-27-10-4-5-14-30(27)24-33)48-44(47-42)41-40-36-16-8-9-17-38(36)49-39(40)26-37(45-41)32-22-23-35-31(25-32)20-19-28-11-6-7-15-34(28)35/h1-26,41-43,46H,(H,47,48)/q-1. The molecule has 5 nitrogen and oxygen atoms in total. The molecule has 234 valence electrons. The van der Waals surface area contributed by atoms with Crippen LogP contribution >= 0.6 is 0 Å². The third kappa shape index (κ3) is 4.78. The van der Waals surface area contributed by atoms with Crippen molar-refractivity contribution in [3.05, 3.63) is 185 Å². The monoisotopic (exact) mass is 631 g/mol. The molecule has 3 unspecified atom stereocenters. The van der Waals surface area contributed by atoms with E-state index in [-0.39, 0.29) is 12.3 Å². The lowest BCUT2D eigenvalue weighted by Crippen LogP contribution is -2.46. The Morgan fingerprint density at radius 3 is 2.18 bits per heavy atom. The Hall–Kier alpha value is -6.17. The first kappa shape index (κ1) is 27.9. The van der Waals surface area contributed by atoms with Gasteiger partial charge >= 0.3 is 0 Å². The number of fused-ring (bicyclic) bond motifs is 7. The molecule has 8 aromatic rings. The molecular formula is C44H31N4O-. The Kier molecular flexibility index (Phi) is 6.39. The van der Waals surface area contributed by atoms with Crippen LogP contribution in [-0.2, 0) is 0 Å². The van der Waals surface area contributed by atoms with E-state index in [0.29, 0.717) is 0 Å². The predicted octanol–water partition coefficient (Wildman–Crippen LogP) is 10.8. The summed E-state index contributed by atoms with van der Waals surface area (Å²) in [7, 11) is 0. The lowest BCUT2D eigenvalue weighted by molar-refractivity contribution is 0.403. The third-order valence-corrected chi connectivity index (χ3v) is 9.88. The van der Waals surface area contributed by atoms with Gasteiger partial charge in [-0.1, -0.05) is 133 Å². The topological polar surface area (TPSA) is 63.7 Å². The van der Waals surface area contributed by atoms with E-state index in [0.717, 1.165) is 50.5 Å². The molecule has 0 saturated carbocycles. The van der Waals surface area contributed by atoms with Gasteiger partial charge in [0.25, 0.3) is 0 Å². The van der Waals surface area contributed by atoms with Gasteiger partial charge in [0.05, 0.1) is 5.84 Å². The predicted molar refractivity (Wildman–Crippen MR) is 201 cm³/mol. The van der Waals surface area contributed by atoms with E-state index < -0.39 is 6.04 Å². The van der Waals surface area contributed by atoms with Crippen LogP contribution in [-0.4, -0.2) is 5.84 Å². The first-order valence-corrected chi connectivity index (χ1v) is 16.7. The van der Waals surface area contributed by atoms with Gasteiger partial charge in [-0.3, -0.25) is 5.32 Å². The Balaban J connectivity index is 1.12. The quantitative estimate of drug-likeness (QED) is 0.190. The highest BCUT2D eigenvalue weighted by Gasteiger charge is 2.30. The maximum atomic E-state index is 6.54. The molecule has 1 aromatic heterocycles. The molecule has 0 radical (unpaired) electrons. The zero-order chi connectivity index (χ0) is 32.3. The summed E-state index contributed by atoms with van der Waals surface area (Å²) in [6.07, 6.45) is 1.63. The smallest absolute Gasteiger partial charge is 0.135 e. The van der Waals surface area contributed by atoms with Crippen LogP contribution in [0.4, 0.5) is 0 Å². The van der Waals surface area contributed by atoms with Crippen molar-refractivity contribution in [3.8, 4) is 0 Å². The highest BCUT2D eigenvalue weighted by Crippen LogP contribution is 2.47. The molecule has 3 heterocycles. The number of amidine groups is 1. The van der Waals surface area contributed by atoms with Crippen LogP contribution in [0.3, 0.4) is 0 Å². The highest BCUT2D eigenvalue weighted by molar-refractivity contribution is 6.10. The van der Waals surface area contributed by atoms with Crippen molar-refractivity contribution in [1.29, 1.82) is 0 Å². The summed E-state index contributed by atoms with van der Waals surface area (Å²) >= 11 is 0. The Labute approximate surface area is 283 Å². The zero-order valence-corrected chi connectivity index (χ0v) is 26.5. The second kappa shape index (κ2) is 11.2. The van der Waals surface area contributed by atoms with E-state index in [9.17, 15) is 0 Å². The summed E-state index contributed by atoms with van der Waals surface area (Å²) < 4.78 is 6.54. The summed E-state index contributed by atoms with van der Waals surface area (Å²) in [5.74, 6) is 1.62.